The highest BCUT2D eigenvalue weighted by Gasteiger charge is 2.18. The van der Waals surface area contributed by atoms with Crippen molar-refractivity contribution in [3.63, 3.8) is 0 Å². The lowest BCUT2D eigenvalue weighted by atomic mass is 10.1. The highest BCUT2D eigenvalue weighted by molar-refractivity contribution is 6.39. The van der Waals surface area contributed by atoms with Gasteiger partial charge < -0.3 is 4.74 Å². The summed E-state index contributed by atoms with van der Waals surface area (Å²) in [5.41, 5.74) is 0.555. The maximum absolute atomic E-state index is 12.4. The maximum Gasteiger partial charge on any atom is 0.388 e. The van der Waals surface area contributed by atoms with Gasteiger partial charge in [-0.15, -0.1) is 0 Å². The minimum absolute atomic E-state index is 0.211. The molecule has 1 aromatic heterocycles. The first-order valence-electron chi connectivity index (χ1n) is 5.04. The molecule has 0 atom stereocenters. The zero-order valence-corrected chi connectivity index (χ0v) is 11.5. The van der Waals surface area contributed by atoms with Gasteiger partial charge in [0.15, 0.2) is 0 Å². The number of benzene rings is 1. The van der Waals surface area contributed by atoms with Crippen molar-refractivity contribution in [3.05, 3.63) is 45.5 Å². The number of hydrogen-bond donors (Lipinski definition) is 0. The van der Waals surface area contributed by atoms with Gasteiger partial charge in [0, 0.05) is 17.3 Å². The molecule has 0 unspecified atom stereocenters. The summed E-state index contributed by atoms with van der Waals surface area (Å²) in [5, 5.41) is 0.832. The smallest absolute Gasteiger partial charge is 0.388 e. The van der Waals surface area contributed by atoms with Crippen molar-refractivity contribution >= 4 is 34.8 Å². The number of rotatable bonds is 3. The Morgan fingerprint density at radius 3 is 2.32 bits per heavy atom. The Morgan fingerprint density at radius 1 is 1.11 bits per heavy atom. The molecule has 0 bridgehead atoms. The minimum Gasteiger partial charge on any atom is -0.416 e. The number of halogens is 5. The average Bonchev–Trinajstić information content (AvgIpc) is 2.31. The number of ether oxygens (including phenoxy) is 1. The molecule has 0 aliphatic carbocycles. The maximum atomic E-state index is 12.4. The number of nitrogens with zero attached hydrogens (tertiary/aromatic N) is 1. The van der Waals surface area contributed by atoms with Crippen LogP contribution in [0.3, 0.4) is 0 Å². The molecule has 0 amide bonds. The van der Waals surface area contributed by atoms with Gasteiger partial charge in [0.2, 0.25) is 5.88 Å². The van der Waals surface area contributed by atoms with Crippen molar-refractivity contribution in [1.29, 1.82) is 0 Å². The van der Waals surface area contributed by atoms with Crippen LogP contribution in [0.25, 0.3) is 11.1 Å². The van der Waals surface area contributed by atoms with Crippen LogP contribution in [0.2, 0.25) is 15.1 Å². The number of alkyl halides is 2. The topological polar surface area (TPSA) is 22.1 Å². The zero-order chi connectivity index (χ0) is 14.0. The minimum atomic E-state index is -3.01. The predicted molar refractivity (Wildman–Crippen MR) is 71.3 cm³/mol. The van der Waals surface area contributed by atoms with E-state index in [9.17, 15) is 8.78 Å². The molecule has 7 heteroatoms. The molecule has 2 aromatic rings. The summed E-state index contributed by atoms with van der Waals surface area (Å²) in [6.07, 6.45) is 1.20. The Balaban J connectivity index is 2.63. The Morgan fingerprint density at radius 2 is 1.74 bits per heavy atom. The lowest BCUT2D eigenvalue weighted by Gasteiger charge is -2.12. The summed E-state index contributed by atoms with van der Waals surface area (Å²) in [6, 6.07) is 6.21. The molecule has 0 aliphatic heterocycles. The zero-order valence-electron chi connectivity index (χ0n) is 9.21. The molecular formula is C12H6Cl3F2NO. The largest absolute Gasteiger partial charge is 0.416 e. The van der Waals surface area contributed by atoms with Crippen LogP contribution in [0.5, 0.6) is 5.88 Å². The van der Waals surface area contributed by atoms with Crippen LogP contribution in [-0.2, 0) is 0 Å². The van der Waals surface area contributed by atoms with E-state index in [-0.39, 0.29) is 26.5 Å². The molecule has 0 saturated heterocycles. The third-order valence-electron chi connectivity index (χ3n) is 2.25. The lowest BCUT2D eigenvalue weighted by Crippen LogP contribution is -2.05. The van der Waals surface area contributed by atoms with Crippen LogP contribution in [-0.4, -0.2) is 11.6 Å². The van der Waals surface area contributed by atoms with Gasteiger partial charge >= 0.3 is 6.61 Å². The Bertz CT molecular complexity index is 587. The Labute approximate surface area is 122 Å². The molecule has 2 rings (SSSR count). The first-order chi connectivity index (χ1) is 8.99. The van der Waals surface area contributed by atoms with Crippen molar-refractivity contribution in [1.82, 2.24) is 4.98 Å². The average molecular weight is 325 g/mol. The molecule has 0 aliphatic rings. The van der Waals surface area contributed by atoms with Gasteiger partial charge in [0.25, 0.3) is 0 Å². The quantitative estimate of drug-likeness (QED) is 0.763. The van der Waals surface area contributed by atoms with E-state index >= 15 is 0 Å². The number of aromatic nitrogens is 1. The monoisotopic (exact) mass is 323 g/mol. The van der Waals surface area contributed by atoms with Crippen molar-refractivity contribution in [2.24, 2.45) is 0 Å². The summed E-state index contributed by atoms with van der Waals surface area (Å²) in [7, 11) is 0. The summed E-state index contributed by atoms with van der Waals surface area (Å²) in [4.78, 5) is 3.73. The fourth-order valence-corrected chi connectivity index (χ4v) is 2.30. The highest BCUT2D eigenvalue weighted by atomic mass is 35.5. The van der Waals surface area contributed by atoms with Gasteiger partial charge in [-0.25, -0.2) is 4.98 Å². The lowest BCUT2D eigenvalue weighted by molar-refractivity contribution is -0.0524. The SMILES string of the molecule is FC(F)Oc1ncc(Cl)cc1-c1c(Cl)cccc1Cl. The van der Waals surface area contributed by atoms with E-state index in [1.807, 2.05) is 0 Å². The second-order valence-electron chi connectivity index (χ2n) is 3.48. The van der Waals surface area contributed by atoms with E-state index in [0.717, 1.165) is 0 Å². The Hall–Kier alpha value is -1.10. The summed E-state index contributed by atoms with van der Waals surface area (Å²) in [5.74, 6) is -0.283. The number of pyridine rings is 1. The van der Waals surface area contributed by atoms with Gasteiger partial charge in [-0.05, 0) is 18.2 Å². The molecule has 100 valence electrons. The van der Waals surface area contributed by atoms with E-state index in [1.54, 1.807) is 18.2 Å². The molecule has 1 aromatic carbocycles. The first kappa shape index (κ1) is 14.3. The van der Waals surface area contributed by atoms with E-state index in [4.69, 9.17) is 34.8 Å². The van der Waals surface area contributed by atoms with Crippen LogP contribution in [0.15, 0.2) is 30.5 Å². The van der Waals surface area contributed by atoms with E-state index in [1.165, 1.54) is 12.3 Å². The van der Waals surface area contributed by atoms with Crippen molar-refractivity contribution < 1.29 is 13.5 Å². The van der Waals surface area contributed by atoms with Crippen molar-refractivity contribution in [3.8, 4) is 17.0 Å². The van der Waals surface area contributed by atoms with Crippen LogP contribution < -0.4 is 4.74 Å². The second kappa shape index (κ2) is 5.90. The van der Waals surface area contributed by atoms with Gasteiger partial charge in [0.05, 0.1) is 15.1 Å². The number of hydrogen-bond acceptors (Lipinski definition) is 2. The van der Waals surface area contributed by atoms with Crippen molar-refractivity contribution in [2.75, 3.05) is 0 Å². The predicted octanol–water partition coefficient (Wildman–Crippen LogP) is 5.31. The van der Waals surface area contributed by atoms with Gasteiger partial charge in [0.1, 0.15) is 0 Å². The molecule has 0 N–H and O–H groups in total. The van der Waals surface area contributed by atoms with Gasteiger partial charge in [-0.2, -0.15) is 8.78 Å². The van der Waals surface area contributed by atoms with Crippen LogP contribution in [0, 0.1) is 0 Å². The molecule has 0 radical (unpaired) electrons. The fourth-order valence-electron chi connectivity index (χ4n) is 1.54. The third-order valence-corrected chi connectivity index (χ3v) is 3.09. The summed E-state index contributed by atoms with van der Waals surface area (Å²) in [6.45, 7) is -3.01. The second-order valence-corrected chi connectivity index (χ2v) is 4.73. The van der Waals surface area contributed by atoms with E-state index < -0.39 is 6.61 Å². The molecule has 19 heavy (non-hydrogen) atoms. The van der Waals surface area contributed by atoms with E-state index in [2.05, 4.69) is 9.72 Å². The van der Waals surface area contributed by atoms with Crippen molar-refractivity contribution in [2.45, 2.75) is 6.61 Å². The molecule has 0 saturated carbocycles. The normalized spacial score (nSPS) is 10.8. The van der Waals surface area contributed by atoms with E-state index in [0.29, 0.717) is 5.56 Å². The Kier molecular flexibility index (Phi) is 4.45. The molecular weight excluding hydrogens is 318 g/mol. The molecule has 1 heterocycles. The summed E-state index contributed by atoms with van der Waals surface area (Å²) < 4.78 is 29.1. The van der Waals surface area contributed by atoms with Crippen LogP contribution >= 0.6 is 34.8 Å². The third kappa shape index (κ3) is 3.26. The van der Waals surface area contributed by atoms with Gasteiger partial charge in [-0.3, -0.25) is 0 Å². The molecule has 0 spiro atoms. The summed E-state index contributed by atoms with van der Waals surface area (Å²) >= 11 is 17.9. The van der Waals surface area contributed by atoms with Crippen LogP contribution in [0.1, 0.15) is 0 Å². The molecule has 0 fully saturated rings. The first-order valence-corrected chi connectivity index (χ1v) is 6.17. The molecule has 2 nitrogen and oxygen atoms in total. The highest BCUT2D eigenvalue weighted by Crippen LogP contribution is 2.40. The van der Waals surface area contributed by atoms with Crippen LogP contribution in [0.4, 0.5) is 8.78 Å². The fraction of sp³-hybridized carbons (Fsp3) is 0.0833. The standard InChI is InChI=1S/C12H6Cl3F2NO/c13-6-4-7(11(18-5-6)19-12(16)17)10-8(14)2-1-3-9(10)15/h1-5,12H. The van der Waals surface area contributed by atoms with Gasteiger partial charge in [-0.1, -0.05) is 40.9 Å².